The van der Waals surface area contributed by atoms with Crippen molar-refractivity contribution < 1.29 is 0 Å². The molecule has 0 aromatic heterocycles. The van der Waals surface area contributed by atoms with Crippen LogP contribution in [0.5, 0.6) is 0 Å². The van der Waals surface area contributed by atoms with Gasteiger partial charge in [0, 0.05) is 5.71 Å². The summed E-state index contributed by atoms with van der Waals surface area (Å²) in [5.41, 5.74) is 3.08. The van der Waals surface area contributed by atoms with Crippen LogP contribution in [0.1, 0.15) is 37.3 Å². The lowest BCUT2D eigenvalue weighted by molar-refractivity contribution is 0.833. The number of benzene rings is 1. The molecule has 0 aliphatic rings. The van der Waals surface area contributed by atoms with E-state index in [9.17, 15) is 0 Å². The molecule has 0 aliphatic carbocycles. The fourth-order valence-corrected chi connectivity index (χ4v) is 1.33. The van der Waals surface area contributed by atoms with Crippen molar-refractivity contribution >= 4 is 5.71 Å². The van der Waals surface area contributed by atoms with E-state index in [1.807, 2.05) is 12.1 Å². The van der Waals surface area contributed by atoms with Gasteiger partial charge >= 0.3 is 0 Å². The summed E-state index contributed by atoms with van der Waals surface area (Å²) in [4.78, 5) is 0. The number of aryl methyl sites for hydroxylation is 1. The maximum Gasteiger partial charge on any atom is 0.0386 e. The zero-order chi connectivity index (χ0) is 9.68. The number of hydrogen-bond acceptors (Lipinski definition) is 1. The Kier molecular flexibility index (Phi) is 3.69. The van der Waals surface area contributed by atoms with Crippen LogP contribution < -0.4 is 0 Å². The summed E-state index contributed by atoms with van der Waals surface area (Å²) in [6.07, 6.45) is 3.18. The minimum Gasteiger partial charge on any atom is -0.305 e. The van der Waals surface area contributed by atoms with Gasteiger partial charge in [-0.15, -0.1) is 0 Å². The van der Waals surface area contributed by atoms with Gasteiger partial charge in [0.05, 0.1) is 0 Å². The molecule has 0 aliphatic heterocycles. The molecule has 1 aromatic rings. The monoisotopic (exact) mass is 175 g/mol. The molecule has 1 aromatic carbocycles. The van der Waals surface area contributed by atoms with E-state index in [0.717, 1.165) is 30.5 Å². The lowest BCUT2D eigenvalue weighted by Crippen LogP contribution is -1.98. The summed E-state index contributed by atoms with van der Waals surface area (Å²) in [5.74, 6) is 0. The number of rotatable bonds is 4. The molecule has 0 spiro atoms. The van der Waals surface area contributed by atoms with Crippen molar-refractivity contribution in [2.45, 2.75) is 33.1 Å². The molecule has 13 heavy (non-hydrogen) atoms. The molecule has 0 saturated carbocycles. The average Bonchev–Trinajstić information content (AvgIpc) is 2.14. The van der Waals surface area contributed by atoms with Gasteiger partial charge in [0.2, 0.25) is 0 Å². The van der Waals surface area contributed by atoms with E-state index in [-0.39, 0.29) is 0 Å². The molecular formula is C12H17N. The van der Waals surface area contributed by atoms with Gasteiger partial charge in [-0.05, 0) is 25.3 Å². The third-order valence-electron chi connectivity index (χ3n) is 2.15. The summed E-state index contributed by atoms with van der Waals surface area (Å²) < 4.78 is 0. The van der Waals surface area contributed by atoms with Crippen molar-refractivity contribution in [3.05, 3.63) is 35.4 Å². The van der Waals surface area contributed by atoms with E-state index in [4.69, 9.17) is 5.41 Å². The first-order chi connectivity index (χ1) is 6.24. The lowest BCUT2D eigenvalue weighted by Gasteiger charge is -2.03. The number of hydrogen-bond donors (Lipinski definition) is 1. The van der Waals surface area contributed by atoms with Crippen LogP contribution in [-0.4, -0.2) is 5.71 Å². The van der Waals surface area contributed by atoms with E-state index in [1.54, 1.807) is 0 Å². The maximum atomic E-state index is 7.83. The molecule has 0 atom stereocenters. The first-order valence-corrected chi connectivity index (χ1v) is 4.88. The van der Waals surface area contributed by atoms with Crippen molar-refractivity contribution in [1.29, 1.82) is 5.41 Å². The van der Waals surface area contributed by atoms with Crippen LogP contribution in [0.2, 0.25) is 0 Å². The van der Waals surface area contributed by atoms with Crippen molar-refractivity contribution in [2.75, 3.05) is 0 Å². The SMILES string of the molecule is CCCCC(=N)c1cccc(C)c1. The highest BCUT2D eigenvalue weighted by Gasteiger charge is 1.99. The normalized spacial score (nSPS) is 10.0. The highest BCUT2D eigenvalue weighted by Crippen LogP contribution is 2.08. The third kappa shape index (κ3) is 3.02. The summed E-state index contributed by atoms with van der Waals surface area (Å²) in [6, 6.07) is 8.19. The quantitative estimate of drug-likeness (QED) is 0.677. The van der Waals surface area contributed by atoms with Gasteiger partial charge in [0.1, 0.15) is 0 Å². The molecule has 0 unspecified atom stereocenters. The zero-order valence-electron chi connectivity index (χ0n) is 8.43. The van der Waals surface area contributed by atoms with Gasteiger partial charge in [-0.25, -0.2) is 0 Å². The largest absolute Gasteiger partial charge is 0.305 e. The lowest BCUT2D eigenvalue weighted by atomic mass is 10.0. The molecule has 70 valence electrons. The number of nitrogens with one attached hydrogen (secondary N) is 1. The molecule has 0 heterocycles. The van der Waals surface area contributed by atoms with Crippen molar-refractivity contribution in [3.8, 4) is 0 Å². The fraction of sp³-hybridized carbons (Fsp3) is 0.417. The molecule has 0 amide bonds. The minimum absolute atomic E-state index is 0.769. The Balaban J connectivity index is 2.66. The second-order valence-corrected chi connectivity index (χ2v) is 3.45. The highest BCUT2D eigenvalue weighted by atomic mass is 14.4. The van der Waals surface area contributed by atoms with E-state index < -0.39 is 0 Å². The predicted molar refractivity (Wildman–Crippen MR) is 57.5 cm³/mol. The minimum atomic E-state index is 0.769. The Labute approximate surface area is 80.3 Å². The molecule has 0 saturated heterocycles. The van der Waals surface area contributed by atoms with Crippen LogP contribution in [0.15, 0.2) is 24.3 Å². The smallest absolute Gasteiger partial charge is 0.0386 e. The van der Waals surface area contributed by atoms with Crippen LogP contribution in [0, 0.1) is 12.3 Å². The average molecular weight is 175 g/mol. The number of unbranched alkanes of at least 4 members (excludes halogenated alkanes) is 1. The molecule has 0 radical (unpaired) electrons. The Morgan fingerprint density at radius 2 is 2.15 bits per heavy atom. The highest BCUT2D eigenvalue weighted by molar-refractivity contribution is 5.98. The van der Waals surface area contributed by atoms with E-state index >= 15 is 0 Å². The van der Waals surface area contributed by atoms with Crippen LogP contribution in [0.4, 0.5) is 0 Å². The Morgan fingerprint density at radius 1 is 1.38 bits per heavy atom. The van der Waals surface area contributed by atoms with Crippen LogP contribution in [-0.2, 0) is 0 Å². The fourth-order valence-electron chi connectivity index (χ4n) is 1.33. The molecule has 1 rings (SSSR count). The van der Waals surface area contributed by atoms with Crippen molar-refractivity contribution in [2.24, 2.45) is 0 Å². The third-order valence-corrected chi connectivity index (χ3v) is 2.15. The van der Waals surface area contributed by atoms with Gasteiger partial charge in [0.25, 0.3) is 0 Å². The maximum absolute atomic E-state index is 7.83. The zero-order valence-corrected chi connectivity index (χ0v) is 8.43. The molecule has 1 N–H and O–H groups in total. The van der Waals surface area contributed by atoms with Gasteiger partial charge in [-0.1, -0.05) is 43.2 Å². The molecular weight excluding hydrogens is 158 g/mol. The van der Waals surface area contributed by atoms with Crippen molar-refractivity contribution in [1.82, 2.24) is 0 Å². The van der Waals surface area contributed by atoms with E-state index in [2.05, 4.69) is 26.0 Å². The molecule has 0 fully saturated rings. The van der Waals surface area contributed by atoms with Crippen LogP contribution >= 0.6 is 0 Å². The van der Waals surface area contributed by atoms with Gasteiger partial charge in [-0.2, -0.15) is 0 Å². The second-order valence-electron chi connectivity index (χ2n) is 3.45. The van der Waals surface area contributed by atoms with Crippen molar-refractivity contribution in [3.63, 3.8) is 0 Å². The second kappa shape index (κ2) is 4.80. The van der Waals surface area contributed by atoms with Gasteiger partial charge in [0.15, 0.2) is 0 Å². The van der Waals surface area contributed by atoms with Crippen LogP contribution in [0.25, 0.3) is 0 Å². The van der Waals surface area contributed by atoms with Gasteiger partial charge < -0.3 is 5.41 Å². The summed E-state index contributed by atoms with van der Waals surface area (Å²) in [7, 11) is 0. The topological polar surface area (TPSA) is 23.9 Å². The molecule has 0 bridgehead atoms. The van der Waals surface area contributed by atoms with E-state index in [1.165, 1.54) is 5.56 Å². The van der Waals surface area contributed by atoms with E-state index in [0.29, 0.717) is 0 Å². The van der Waals surface area contributed by atoms with Crippen LogP contribution in [0.3, 0.4) is 0 Å². The Bertz CT molecular complexity index is 289. The Hall–Kier alpha value is -1.11. The summed E-state index contributed by atoms with van der Waals surface area (Å²) >= 11 is 0. The van der Waals surface area contributed by atoms with Gasteiger partial charge in [-0.3, -0.25) is 0 Å². The first-order valence-electron chi connectivity index (χ1n) is 4.88. The predicted octanol–water partition coefficient (Wildman–Crippen LogP) is 3.55. The first kappa shape index (κ1) is 9.97. The standard InChI is InChI=1S/C12H17N/c1-3-4-8-12(13)11-7-5-6-10(2)9-11/h5-7,9,13H,3-4,8H2,1-2H3. The molecule has 1 nitrogen and oxygen atoms in total. The summed E-state index contributed by atoms with van der Waals surface area (Å²) in [6.45, 7) is 4.22. The Morgan fingerprint density at radius 3 is 2.77 bits per heavy atom. The molecule has 1 heteroatoms. The summed E-state index contributed by atoms with van der Waals surface area (Å²) in [5, 5.41) is 7.83.